The number of allylic oxidation sites excluding steroid dienone is 1. The van der Waals surface area contributed by atoms with Gasteiger partial charge in [0.15, 0.2) is 0 Å². The SMILES string of the molecule is C=C(OC)c1[nH]ncc1/C(=C\C)c1c2c(nn1C)CCNC2.CC. The maximum Gasteiger partial charge on any atom is 0.137 e. The van der Waals surface area contributed by atoms with Gasteiger partial charge in [-0.25, -0.2) is 0 Å². The van der Waals surface area contributed by atoms with Crippen LogP contribution in [0.1, 0.15) is 49.0 Å². The molecule has 0 spiro atoms. The Labute approximate surface area is 143 Å². The molecule has 1 aliphatic heterocycles. The number of hydrogen-bond acceptors (Lipinski definition) is 4. The molecule has 0 unspecified atom stereocenters. The van der Waals surface area contributed by atoms with E-state index in [1.807, 2.05) is 38.7 Å². The molecule has 0 saturated carbocycles. The molecule has 0 aromatic carbocycles. The van der Waals surface area contributed by atoms with Crippen LogP contribution in [0.2, 0.25) is 0 Å². The number of ether oxygens (including phenoxy) is 1. The number of H-pyrrole nitrogens is 1. The summed E-state index contributed by atoms with van der Waals surface area (Å²) >= 11 is 0. The summed E-state index contributed by atoms with van der Waals surface area (Å²) in [6, 6.07) is 0. The van der Waals surface area contributed by atoms with E-state index in [1.165, 1.54) is 11.3 Å². The van der Waals surface area contributed by atoms with Crippen LogP contribution in [-0.4, -0.2) is 33.6 Å². The topological polar surface area (TPSA) is 67.8 Å². The maximum atomic E-state index is 5.26. The number of hydrogen-bond donors (Lipinski definition) is 2. The third-order valence-corrected chi connectivity index (χ3v) is 4.07. The summed E-state index contributed by atoms with van der Waals surface area (Å²) < 4.78 is 7.22. The van der Waals surface area contributed by atoms with Crippen LogP contribution < -0.4 is 5.32 Å². The van der Waals surface area contributed by atoms with Crippen molar-refractivity contribution in [3.63, 3.8) is 0 Å². The summed E-state index contributed by atoms with van der Waals surface area (Å²) in [4.78, 5) is 0. The van der Waals surface area contributed by atoms with Crippen LogP contribution in [0.25, 0.3) is 11.3 Å². The number of aromatic nitrogens is 4. The van der Waals surface area contributed by atoms with Crippen molar-refractivity contribution in [2.45, 2.75) is 33.7 Å². The second-order valence-corrected chi connectivity index (χ2v) is 5.31. The first-order valence-corrected chi connectivity index (χ1v) is 8.36. The average molecular weight is 329 g/mol. The highest BCUT2D eigenvalue weighted by atomic mass is 16.5. The van der Waals surface area contributed by atoms with Crippen LogP contribution in [0.5, 0.6) is 0 Å². The Bertz CT molecular complexity index is 739. The third-order valence-electron chi connectivity index (χ3n) is 4.07. The van der Waals surface area contributed by atoms with Gasteiger partial charge in [-0.15, -0.1) is 0 Å². The number of fused-ring (bicyclic) bond motifs is 1. The Morgan fingerprint density at radius 3 is 2.83 bits per heavy atom. The molecule has 0 atom stereocenters. The van der Waals surface area contributed by atoms with Crippen LogP contribution >= 0.6 is 0 Å². The minimum absolute atomic E-state index is 0.570. The van der Waals surface area contributed by atoms with Crippen molar-refractivity contribution in [1.29, 1.82) is 0 Å². The molecule has 0 amide bonds. The lowest BCUT2D eigenvalue weighted by molar-refractivity contribution is 0.369. The normalized spacial score (nSPS) is 13.8. The van der Waals surface area contributed by atoms with E-state index >= 15 is 0 Å². The molecular weight excluding hydrogens is 302 g/mol. The second kappa shape index (κ2) is 7.97. The Hall–Kier alpha value is -2.34. The first-order chi connectivity index (χ1) is 11.7. The molecule has 6 heteroatoms. The lowest BCUT2D eigenvalue weighted by Crippen LogP contribution is -2.23. The van der Waals surface area contributed by atoms with Gasteiger partial charge in [0.25, 0.3) is 0 Å². The van der Waals surface area contributed by atoms with Gasteiger partial charge in [0, 0.05) is 43.3 Å². The van der Waals surface area contributed by atoms with Crippen LogP contribution in [0.3, 0.4) is 0 Å². The summed E-state index contributed by atoms with van der Waals surface area (Å²) in [5, 5.41) is 15.2. The Balaban J connectivity index is 0.00000100. The first-order valence-electron chi connectivity index (χ1n) is 8.36. The van der Waals surface area contributed by atoms with E-state index in [1.54, 1.807) is 7.11 Å². The monoisotopic (exact) mass is 329 g/mol. The summed E-state index contributed by atoms with van der Waals surface area (Å²) in [6.45, 7) is 11.8. The van der Waals surface area contributed by atoms with Gasteiger partial charge in [-0.05, 0) is 6.92 Å². The largest absolute Gasteiger partial charge is 0.495 e. The minimum Gasteiger partial charge on any atom is -0.495 e. The average Bonchev–Trinajstić information content (AvgIpc) is 3.22. The van der Waals surface area contributed by atoms with E-state index in [9.17, 15) is 0 Å². The van der Waals surface area contributed by atoms with Crippen molar-refractivity contribution in [2.24, 2.45) is 7.05 Å². The number of aryl methyl sites for hydroxylation is 1. The van der Waals surface area contributed by atoms with Gasteiger partial charge in [-0.2, -0.15) is 10.2 Å². The van der Waals surface area contributed by atoms with Crippen molar-refractivity contribution < 1.29 is 4.74 Å². The van der Waals surface area contributed by atoms with E-state index in [4.69, 9.17) is 4.74 Å². The zero-order chi connectivity index (χ0) is 17.7. The highest BCUT2D eigenvalue weighted by Gasteiger charge is 2.24. The molecule has 0 aliphatic carbocycles. The molecule has 0 radical (unpaired) electrons. The Morgan fingerprint density at radius 1 is 1.42 bits per heavy atom. The van der Waals surface area contributed by atoms with Gasteiger partial charge in [0.1, 0.15) is 11.5 Å². The van der Waals surface area contributed by atoms with Crippen LogP contribution in [-0.2, 0) is 24.8 Å². The molecule has 1 aliphatic rings. The lowest BCUT2D eigenvalue weighted by atomic mass is 9.96. The van der Waals surface area contributed by atoms with Gasteiger partial charge in [0.2, 0.25) is 0 Å². The number of aromatic amines is 1. The van der Waals surface area contributed by atoms with Gasteiger partial charge in [0.05, 0.1) is 24.7 Å². The van der Waals surface area contributed by atoms with Crippen molar-refractivity contribution in [3.05, 3.63) is 47.1 Å². The molecule has 6 nitrogen and oxygen atoms in total. The molecule has 2 aromatic rings. The predicted molar refractivity (Wildman–Crippen MR) is 97.4 cm³/mol. The van der Waals surface area contributed by atoms with Gasteiger partial charge in [-0.1, -0.05) is 26.5 Å². The van der Waals surface area contributed by atoms with E-state index < -0.39 is 0 Å². The van der Waals surface area contributed by atoms with E-state index in [0.717, 1.165) is 42.0 Å². The fourth-order valence-corrected chi connectivity index (χ4v) is 2.99. The second-order valence-electron chi connectivity index (χ2n) is 5.31. The minimum atomic E-state index is 0.570. The first kappa shape index (κ1) is 18.0. The van der Waals surface area contributed by atoms with Crippen molar-refractivity contribution in [1.82, 2.24) is 25.3 Å². The lowest BCUT2D eigenvalue weighted by Gasteiger charge is -2.15. The number of methoxy groups -OCH3 is 1. The van der Waals surface area contributed by atoms with Gasteiger partial charge in [-0.3, -0.25) is 9.78 Å². The number of nitrogens with one attached hydrogen (secondary N) is 2. The molecule has 3 rings (SSSR count). The summed E-state index contributed by atoms with van der Waals surface area (Å²) in [6.07, 6.45) is 4.86. The summed E-state index contributed by atoms with van der Waals surface area (Å²) in [7, 11) is 3.60. The fraction of sp³-hybridized carbons (Fsp3) is 0.444. The van der Waals surface area contributed by atoms with Crippen molar-refractivity contribution in [3.8, 4) is 0 Å². The molecule has 3 heterocycles. The summed E-state index contributed by atoms with van der Waals surface area (Å²) in [5.74, 6) is 0.570. The highest BCUT2D eigenvalue weighted by Crippen LogP contribution is 2.32. The van der Waals surface area contributed by atoms with E-state index in [-0.39, 0.29) is 0 Å². The smallest absolute Gasteiger partial charge is 0.137 e. The zero-order valence-corrected chi connectivity index (χ0v) is 15.2. The van der Waals surface area contributed by atoms with Gasteiger partial charge >= 0.3 is 0 Å². The zero-order valence-electron chi connectivity index (χ0n) is 15.2. The predicted octanol–water partition coefficient (Wildman–Crippen LogP) is 2.88. The number of rotatable bonds is 4. The van der Waals surface area contributed by atoms with Gasteiger partial charge < -0.3 is 10.1 Å². The quantitative estimate of drug-likeness (QED) is 0.847. The van der Waals surface area contributed by atoms with Crippen molar-refractivity contribution in [2.75, 3.05) is 13.7 Å². The third kappa shape index (κ3) is 3.14. The van der Waals surface area contributed by atoms with E-state index in [2.05, 4.69) is 33.3 Å². The molecule has 130 valence electrons. The summed E-state index contributed by atoms with van der Waals surface area (Å²) in [5.41, 5.74) is 6.42. The molecular formula is C18H27N5O. The van der Waals surface area contributed by atoms with Crippen LogP contribution in [0.15, 0.2) is 18.9 Å². The Kier molecular flexibility index (Phi) is 5.98. The molecule has 0 fully saturated rings. The maximum absolute atomic E-state index is 5.26. The van der Waals surface area contributed by atoms with Crippen LogP contribution in [0, 0.1) is 0 Å². The van der Waals surface area contributed by atoms with E-state index in [0.29, 0.717) is 5.76 Å². The Morgan fingerprint density at radius 2 is 2.17 bits per heavy atom. The molecule has 2 N–H and O–H groups in total. The standard InChI is InChI=1S/C16H21N5O.C2H6/c1-5-11(12-9-18-19-15(12)10(2)22-4)16-13-8-17-7-6-14(13)20-21(16)3;1-2/h5,9,17H,2,6-8H2,1,3-4H3,(H,18,19);1-2H3/b11-5+;. The molecule has 24 heavy (non-hydrogen) atoms. The molecule has 0 bridgehead atoms. The fourth-order valence-electron chi connectivity index (χ4n) is 2.99. The van der Waals surface area contributed by atoms with Crippen molar-refractivity contribution >= 4 is 11.3 Å². The number of nitrogens with zero attached hydrogens (tertiary/aromatic N) is 3. The molecule has 0 saturated heterocycles. The highest BCUT2D eigenvalue weighted by molar-refractivity contribution is 5.84. The molecule has 2 aromatic heterocycles. The van der Waals surface area contributed by atoms with Crippen LogP contribution in [0.4, 0.5) is 0 Å².